The molecule has 1 aliphatic rings. The SMILES string of the molecule is BrCC1(c2ccc3ccccc3c2)c2ccsc2-c2sccc21. The van der Waals surface area contributed by atoms with Crippen LogP contribution < -0.4 is 0 Å². The highest BCUT2D eigenvalue weighted by atomic mass is 79.9. The van der Waals surface area contributed by atoms with Crippen LogP contribution in [0.15, 0.2) is 65.4 Å². The fourth-order valence-corrected chi connectivity index (χ4v) is 6.84. The van der Waals surface area contributed by atoms with E-state index < -0.39 is 0 Å². The van der Waals surface area contributed by atoms with E-state index in [9.17, 15) is 0 Å². The van der Waals surface area contributed by atoms with Crippen molar-refractivity contribution in [1.82, 2.24) is 0 Å². The van der Waals surface area contributed by atoms with E-state index in [0.717, 1.165) is 5.33 Å². The van der Waals surface area contributed by atoms with Crippen molar-refractivity contribution in [2.75, 3.05) is 5.33 Å². The van der Waals surface area contributed by atoms with E-state index in [2.05, 4.69) is 81.3 Å². The number of hydrogen-bond donors (Lipinski definition) is 0. The van der Waals surface area contributed by atoms with E-state index in [1.807, 2.05) is 22.7 Å². The lowest BCUT2D eigenvalue weighted by Crippen LogP contribution is -2.28. The number of alkyl halides is 1. The molecule has 0 nitrogen and oxygen atoms in total. The molecule has 2 aromatic heterocycles. The maximum Gasteiger partial charge on any atom is 0.0577 e. The van der Waals surface area contributed by atoms with Crippen molar-refractivity contribution >= 4 is 49.4 Å². The van der Waals surface area contributed by atoms with Gasteiger partial charge in [-0.25, -0.2) is 0 Å². The van der Waals surface area contributed by atoms with Crippen molar-refractivity contribution in [3.63, 3.8) is 0 Å². The van der Waals surface area contributed by atoms with E-state index in [4.69, 9.17) is 0 Å². The molecule has 0 aliphatic heterocycles. The van der Waals surface area contributed by atoms with Gasteiger partial charge in [-0.05, 0) is 56.4 Å². The lowest BCUT2D eigenvalue weighted by atomic mass is 9.75. The predicted octanol–water partition coefficient (Wildman–Crippen LogP) is 6.67. The number of halogens is 1. The van der Waals surface area contributed by atoms with E-state index in [1.165, 1.54) is 37.2 Å². The molecule has 0 saturated heterocycles. The van der Waals surface area contributed by atoms with Gasteiger partial charge in [0, 0.05) is 15.1 Å². The summed E-state index contributed by atoms with van der Waals surface area (Å²) >= 11 is 7.58. The Bertz CT molecular complexity index is 984. The Morgan fingerprint density at radius 3 is 2.09 bits per heavy atom. The lowest BCUT2D eigenvalue weighted by molar-refractivity contribution is 0.737. The van der Waals surface area contributed by atoms with Gasteiger partial charge in [-0.3, -0.25) is 0 Å². The number of hydrogen-bond acceptors (Lipinski definition) is 2. The number of rotatable bonds is 2. The van der Waals surface area contributed by atoms with Crippen LogP contribution in [-0.4, -0.2) is 5.33 Å². The van der Waals surface area contributed by atoms with Crippen molar-refractivity contribution < 1.29 is 0 Å². The minimum atomic E-state index is -0.0608. The van der Waals surface area contributed by atoms with Gasteiger partial charge in [0.05, 0.1) is 5.41 Å². The summed E-state index contributed by atoms with van der Waals surface area (Å²) in [5, 5.41) is 7.98. The Morgan fingerprint density at radius 1 is 0.783 bits per heavy atom. The molecule has 112 valence electrons. The molecule has 0 unspecified atom stereocenters. The third-order valence-corrected chi connectivity index (χ3v) is 7.73. The molecular formula is C20H13BrS2. The summed E-state index contributed by atoms with van der Waals surface area (Å²) in [5.74, 6) is 0. The predicted molar refractivity (Wildman–Crippen MR) is 105 cm³/mol. The molecule has 23 heavy (non-hydrogen) atoms. The first kappa shape index (κ1) is 14.0. The topological polar surface area (TPSA) is 0 Å². The number of thiophene rings is 2. The molecule has 2 aromatic carbocycles. The highest BCUT2D eigenvalue weighted by Crippen LogP contribution is 2.57. The maximum atomic E-state index is 3.85. The van der Waals surface area contributed by atoms with Crippen molar-refractivity contribution in [1.29, 1.82) is 0 Å². The molecule has 3 heteroatoms. The second-order valence-corrected chi connectivity index (χ2v) is 8.32. The van der Waals surface area contributed by atoms with Gasteiger partial charge in [0.15, 0.2) is 0 Å². The zero-order valence-corrected chi connectivity index (χ0v) is 15.5. The van der Waals surface area contributed by atoms with Gasteiger partial charge >= 0.3 is 0 Å². The smallest absolute Gasteiger partial charge is 0.0577 e. The molecule has 0 bridgehead atoms. The Hall–Kier alpha value is -1.42. The summed E-state index contributed by atoms with van der Waals surface area (Å²) in [6.07, 6.45) is 0. The van der Waals surface area contributed by atoms with Crippen molar-refractivity contribution in [2.24, 2.45) is 0 Å². The summed E-state index contributed by atoms with van der Waals surface area (Å²) in [5.41, 5.74) is 4.23. The molecule has 0 amide bonds. The zero-order chi connectivity index (χ0) is 15.4. The van der Waals surface area contributed by atoms with Gasteiger partial charge in [0.25, 0.3) is 0 Å². The van der Waals surface area contributed by atoms with Crippen LogP contribution in [0.1, 0.15) is 16.7 Å². The van der Waals surface area contributed by atoms with Crippen LogP contribution >= 0.6 is 38.6 Å². The fourth-order valence-electron chi connectivity index (χ4n) is 3.77. The Labute approximate surface area is 151 Å². The number of benzene rings is 2. The Kier molecular flexibility index (Phi) is 3.06. The molecular weight excluding hydrogens is 384 g/mol. The van der Waals surface area contributed by atoms with Crippen molar-refractivity contribution in [3.8, 4) is 9.75 Å². The summed E-state index contributed by atoms with van der Waals surface area (Å²) in [7, 11) is 0. The molecule has 2 heterocycles. The first-order valence-corrected chi connectivity index (χ1v) is 10.4. The quantitative estimate of drug-likeness (QED) is 0.331. The molecule has 0 saturated carbocycles. The molecule has 0 radical (unpaired) electrons. The summed E-state index contributed by atoms with van der Waals surface area (Å²) in [6.45, 7) is 0. The third kappa shape index (κ3) is 1.76. The van der Waals surface area contributed by atoms with E-state index in [1.54, 1.807) is 0 Å². The van der Waals surface area contributed by atoms with E-state index >= 15 is 0 Å². The van der Waals surface area contributed by atoms with Crippen LogP contribution in [0.5, 0.6) is 0 Å². The highest BCUT2D eigenvalue weighted by Gasteiger charge is 2.45. The molecule has 0 atom stereocenters. The van der Waals surface area contributed by atoms with Gasteiger partial charge in [0.2, 0.25) is 0 Å². The molecule has 4 aromatic rings. The summed E-state index contributed by atoms with van der Waals surface area (Å²) in [6, 6.07) is 20.2. The van der Waals surface area contributed by atoms with Crippen LogP contribution in [0, 0.1) is 0 Å². The zero-order valence-electron chi connectivity index (χ0n) is 12.3. The Morgan fingerprint density at radius 2 is 1.43 bits per heavy atom. The van der Waals surface area contributed by atoms with Crippen LogP contribution in [0.4, 0.5) is 0 Å². The summed E-state index contributed by atoms with van der Waals surface area (Å²) in [4.78, 5) is 2.89. The minimum Gasteiger partial charge on any atom is -0.143 e. The molecule has 5 rings (SSSR count). The van der Waals surface area contributed by atoms with Crippen molar-refractivity contribution in [3.05, 3.63) is 82.0 Å². The van der Waals surface area contributed by atoms with Crippen LogP contribution in [0.25, 0.3) is 20.5 Å². The molecule has 1 aliphatic carbocycles. The first-order valence-electron chi connectivity index (χ1n) is 7.56. The van der Waals surface area contributed by atoms with Crippen LogP contribution in [0.2, 0.25) is 0 Å². The van der Waals surface area contributed by atoms with Gasteiger partial charge < -0.3 is 0 Å². The first-order chi connectivity index (χ1) is 11.3. The standard InChI is InChI=1S/C20H13BrS2/c21-12-20(15-6-5-13-3-1-2-4-14(13)11-15)16-7-9-22-18(16)19-17(20)8-10-23-19/h1-11H,12H2. The van der Waals surface area contributed by atoms with Gasteiger partial charge in [0.1, 0.15) is 0 Å². The van der Waals surface area contributed by atoms with Gasteiger partial charge in [-0.1, -0.05) is 52.3 Å². The van der Waals surface area contributed by atoms with Gasteiger partial charge in [-0.15, -0.1) is 22.7 Å². The number of fused-ring (bicyclic) bond motifs is 4. The molecule has 0 N–H and O–H groups in total. The fraction of sp³-hybridized carbons (Fsp3) is 0.100. The lowest BCUT2D eigenvalue weighted by Gasteiger charge is -2.29. The Balaban J connectivity index is 1.85. The summed E-state index contributed by atoms with van der Waals surface area (Å²) < 4.78 is 0. The largest absolute Gasteiger partial charge is 0.143 e. The molecule has 0 fully saturated rings. The van der Waals surface area contributed by atoms with Crippen LogP contribution in [-0.2, 0) is 5.41 Å². The maximum absolute atomic E-state index is 3.85. The second-order valence-electron chi connectivity index (χ2n) is 5.93. The average molecular weight is 397 g/mol. The van der Waals surface area contributed by atoms with E-state index in [0.29, 0.717) is 0 Å². The second kappa shape index (κ2) is 5.04. The highest BCUT2D eigenvalue weighted by molar-refractivity contribution is 9.09. The van der Waals surface area contributed by atoms with Crippen LogP contribution in [0.3, 0.4) is 0 Å². The minimum absolute atomic E-state index is 0.0608. The monoisotopic (exact) mass is 396 g/mol. The van der Waals surface area contributed by atoms with Gasteiger partial charge in [-0.2, -0.15) is 0 Å². The van der Waals surface area contributed by atoms with Crippen molar-refractivity contribution in [2.45, 2.75) is 5.41 Å². The normalized spacial score (nSPS) is 14.8. The average Bonchev–Trinajstić information content (AvgIpc) is 3.28. The van der Waals surface area contributed by atoms with E-state index in [-0.39, 0.29) is 5.41 Å². The molecule has 0 spiro atoms. The third-order valence-electron chi connectivity index (χ3n) is 4.90.